The van der Waals surface area contributed by atoms with Crippen LogP contribution >= 0.6 is 0 Å². The lowest BCUT2D eigenvalue weighted by atomic mass is 10.1. The number of rotatable bonds is 4. The SMILES string of the molecule is CC(C)Oc1ccccc1NC(=O)c1cn(C)c2ccccc12. The summed E-state index contributed by atoms with van der Waals surface area (Å²) in [6.07, 6.45) is 1.90. The standard InChI is InChI=1S/C19H20N2O2/c1-13(2)23-18-11-7-5-9-16(18)20-19(22)15-12-21(3)17-10-6-4-8-14(15)17/h4-13H,1-3H3,(H,20,22). The number of fused-ring (bicyclic) bond motifs is 1. The van der Waals surface area contributed by atoms with Crippen molar-refractivity contribution in [3.8, 4) is 5.75 Å². The van der Waals surface area contributed by atoms with Crippen molar-refractivity contribution in [3.05, 3.63) is 60.3 Å². The third-order valence-electron chi connectivity index (χ3n) is 3.64. The molecule has 1 amide bonds. The number of carbonyl (C=O) groups excluding carboxylic acids is 1. The van der Waals surface area contributed by atoms with Crippen LogP contribution in [-0.2, 0) is 7.05 Å². The van der Waals surface area contributed by atoms with Crippen molar-refractivity contribution in [1.29, 1.82) is 0 Å². The molecule has 0 atom stereocenters. The minimum Gasteiger partial charge on any atom is -0.489 e. The summed E-state index contributed by atoms with van der Waals surface area (Å²) in [5.74, 6) is 0.540. The molecule has 1 aromatic heterocycles. The number of nitrogens with zero attached hydrogens (tertiary/aromatic N) is 1. The Morgan fingerprint density at radius 3 is 2.57 bits per heavy atom. The highest BCUT2D eigenvalue weighted by Crippen LogP contribution is 2.27. The van der Waals surface area contributed by atoms with E-state index in [1.165, 1.54) is 0 Å². The highest BCUT2D eigenvalue weighted by molar-refractivity contribution is 6.13. The zero-order valence-electron chi connectivity index (χ0n) is 13.5. The Morgan fingerprint density at radius 2 is 1.78 bits per heavy atom. The summed E-state index contributed by atoms with van der Waals surface area (Å²) in [4.78, 5) is 12.7. The minimum atomic E-state index is -0.137. The summed E-state index contributed by atoms with van der Waals surface area (Å²) in [7, 11) is 1.94. The number of hydrogen-bond donors (Lipinski definition) is 1. The second-order valence-electron chi connectivity index (χ2n) is 5.79. The van der Waals surface area contributed by atoms with Gasteiger partial charge in [0, 0.05) is 24.1 Å². The van der Waals surface area contributed by atoms with Gasteiger partial charge in [-0.2, -0.15) is 0 Å². The fourth-order valence-corrected chi connectivity index (χ4v) is 2.64. The molecule has 0 aliphatic carbocycles. The largest absolute Gasteiger partial charge is 0.489 e. The molecule has 3 aromatic rings. The maximum atomic E-state index is 12.7. The van der Waals surface area contributed by atoms with Crippen LogP contribution in [0.3, 0.4) is 0 Å². The van der Waals surface area contributed by atoms with Gasteiger partial charge in [0.25, 0.3) is 5.91 Å². The number of aromatic nitrogens is 1. The van der Waals surface area contributed by atoms with Gasteiger partial charge < -0.3 is 14.6 Å². The number of benzene rings is 2. The van der Waals surface area contributed by atoms with Gasteiger partial charge in [-0.1, -0.05) is 30.3 Å². The number of anilines is 1. The molecule has 23 heavy (non-hydrogen) atoms. The highest BCUT2D eigenvalue weighted by Gasteiger charge is 2.15. The number of para-hydroxylation sites is 3. The molecule has 1 N–H and O–H groups in total. The van der Waals surface area contributed by atoms with Crippen molar-refractivity contribution in [3.63, 3.8) is 0 Å². The number of ether oxygens (including phenoxy) is 1. The van der Waals surface area contributed by atoms with Crippen LogP contribution in [-0.4, -0.2) is 16.6 Å². The summed E-state index contributed by atoms with van der Waals surface area (Å²) in [6, 6.07) is 15.4. The summed E-state index contributed by atoms with van der Waals surface area (Å²) < 4.78 is 7.71. The van der Waals surface area contributed by atoms with Crippen LogP contribution in [0.4, 0.5) is 5.69 Å². The smallest absolute Gasteiger partial charge is 0.257 e. The van der Waals surface area contributed by atoms with Gasteiger partial charge in [0.05, 0.1) is 17.4 Å². The van der Waals surface area contributed by atoms with E-state index in [1.807, 2.05) is 80.2 Å². The molecule has 0 unspecified atom stereocenters. The molecule has 118 valence electrons. The summed E-state index contributed by atoms with van der Waals surface area (Å²) in [5.41, 5.74) is 2.37. The Balaban J connectivity index is 1.93. The van der Waals surface area contributed by atoms with E-state index in [4.69, 9.17) is 4.74 Å². The van der Waals surface area contributed by atoms with Gasteiger partial charge >= 0.3 is 0 Å². The van der Waals surface area contributed by atoms with E-state index in [-0.39, 0.29) is 12.0 Å². The molecule has 4 nitrogen and oxygen atoms in total. The van der Waals surface area contributed by atoms with E-state index in [2.05, 4.69) is 5.32 Å². The molecule has 1 heterocycles. The van der Waals surface area contributed by atoms with Gasteiger partial charge in [0.2, 0.25) is 0 Å². The average Bonchev–Trinajstić information content (AvgIpc) is 2.86. The maximum Gasteiger partial charge on any atom is 0.257 e. The maximum absolute atomic E-state index is 12.7. The van der Waals surface area contributed by atoms with Crippen LogP contribution in [0.15, 0.2) is 54.7 Å². The number of amides is 1. The summed E-state index contributed by atoms with van der Waals surface area (Å²) in [5, 5.41) is 3.90. The first-order chi connectivity index (χ1) is 11.1. The van der Waals surface area contributed by atoms with Gasteiger partial charge in [0.1, 0.15) is 5.75 Å². The molecule has 4 heteroatoms. The lowest BCUT2D eigenvalue weighted by molar-refractivity contribution is 0.102. The van der Waals surface area contributed by atoms with Crippen molar-refractivity contribution in [2.75, 3.05) is 5.32 Å². The van der Waals surface area contributed by atoms with Crippen molar-refractivity contribution in [1.82, 2.24) is 4.57 Å². The third-order valence-corrected chi connectivity index (χ3v) is 3.64. The first-order valence-electron chi connectivity index (χ1n) is 7.67. The molecule has 0 spiro atoms. The monoisotopic (exact) mass is 308 g/mol. The highest BCUT2D eigenvalue weighted by atomic mass is 16.5. The Hall–Kier alpha value is -2.75. The predicted molar refractivity (Wildman–Crippen MR) is 93.1 cm³/mol. The van der Waals surface area contributed by atoms with E-state index >= 15 is 0 Å². The van der Waals surface area contributed by atoms with Crippen molar-refractivity contribution in [2.24, 2.45) is 7.05 Å². The molecule has 0 bridgehead atoms. The second-order valence-corrected chi connectivity index (χ2v) is 5.79. The molecular weight excluding hydrogens is 288 g/mol. The van der Waals surface area contributed by atoms with Crippen molar-refractivity contribution < 1.29 is 9.53 Å². The van der Waals surface area contributed by atoms with E-state index in [1.54, 1.807) is 0 Å². The molecule has 2 aromatic carbocycles. The van der Waals surface area contributed by atoms with Crippen molar-refractivity contribution >= 4 is 22.5 Å². The van der Waals surface area contributed by atoms with E-state index in [9.17, 15) is 4.79 Å². The predicted octanol–water partition coefficient (Wildman–Crippen LogP) is 4.22. The Morgan fingerprint density at radius 1 is 1.09 bits per heavy atom. The van der Waals surface area contributed by atoms with Crippen LogP contribution < -0.4 is 10.1 Å². The zero-order chi connectivity index (χ0) is 16.4. The Kier molecular flexibility index (Phi) is 4.06. The summed E-state index contributed by atoms with van der Waals surface area (Å²) >= 11 is 0. The summed E-state index contributed by atoms with van der Waals surface area (Å²) in [6.45, 7) is 3.92. The number of hydrogen-bond acceptors (Lipinski definition) is 2. The molecule has 0 radical (unpaired) electrons. The normalized spacial score (nSPS) is 11.0. The molecule has 0 saturated carbocycles. The lowest BCUT2D eigenvalue weighted by Crippen LogP contribution is -2.14. The van der Waals surface area contributed by atoms with Crippen LogP contribution in [0.25, 0.3) is 10.9 Å². The lowest BCUT2D eigenvalue weighted by Gasteiger charge is -2.14. The Labute approximate surface area is 135 Å². The van der Waals surface area contributed by atoms with Crippen LogP contribution in [0, 0.1) is 0 Å². The topological polar surface area (TPSA) is 43.3 Å². The van der Waals surface area contributed by atoms with Gasteiger partial charge in [-0.05, 0) is 32.0 Å². The van der Waals surface area contributed by atoms with Gasteiger partial charge in [0.15, 0.2) is 0 Å². The molecular formula is C19H20N2O2. The van der Waals surface area contributed by atoms with E-state index in [0.29, 0.717) is 17.0 Å². The second kappa shape index (κ2) is 6.16. The Bertz CT molecular complexity index is 849. The van der Waals surface area contributed by atoms with E-state index < -0.39 is 0 Å². The van der Waals surface area contributed by atoms with E-state index in [0.717, 1.165) is 10.9 Å². The third kappa shape index (κ3) is 3.06. The van der Waals surface area contributed by atoms with Crippen molar-refractivity contribution in [2.45, 2.75) is 20.0 Å². The minimum absolute atomic E-state index is 0.0469. The average molecular weight is 308 g/mol. The number of carbonyl (C=O) groups is 1. The van der Waals surface area contributed by atoms with Crippen LogP contribution in [0.1, 0.15) is 24.2 Å². The van der Waals surface area contributed by atoms with Gasteiger partial charge in [-0.25, -0.2) is 0 Å². The van der Waals surface area contributed by atoms with Crippen LogP contribution in [0.2, 0.25) is 0 Å². The quantitative estimate of drug-likeness (QED) is 0.784. The first kappa shape index (κ1) is 15.2. The molecule has 3 rings (SSSR count). The first-order valence-corrected chi connectivity index (χ1v) is 7.67. The molecule has 0 saturated heterocycles. The molecule has 0 fully saturated rings. The number of aryl methyl sites for hydroxylation is 1. The number of nitrogens with one attached hydrogen (secondary N) is 1. The van der Waals surface area contributed by atoms with Crippen LogP contribution in [0.5, 0.6) is 5.75 Å². The fraction of sp³-hybridized carbons (Fsp3) is 0.211. The van der Waals surface area contributed by atoms with Gasteiger partial charge in [-0.15, -0.1) is 0 Å². The fourth-order valence-electron chi connectivity index (χ4n) is 2.64. The van der Waals surface area contributed by atoms with Gasteiger partial charge in [-0.3, -0.25) is 4.79 Å². The molecule has 0 aliphatic rings. The zero-order valence-corrected chi connectivity index (χ0v) is 13.5. The molecule has 0 aliphatic heterocycles.